The summed E-state index contributed by atoms with van der Waals surface area (Å²) < 4.78 is 49.9. The number of nitrogens with two attached hydrogens (primary N) is 1. The number of benzene rings is 1. The highest BCUT2D eigenvalue weighted by atomic mass is 79.9. The molecule has 0 spiro atoms. The van der Waals surface area contributed by atoms with Crippen LogP contribution in [0.5, 0.6) is 0 Å². The van der Waals surface area contributed by atoms with Crippen LogP contribution in [0.1, 0.15) is 11.6 Å². The van der Waals surface area contributed by atoms with E-state index in [1.807, 2.05) is 0 Å². The molecule has 0 aromatic heterocycles. The first kappa shape index (κ1) is 16.6. The van der Waals surface area contributed by atoms with Gasteiger partial charge in [0.05, 0.1) is 10.5 Å². The highest BCUT2D eigenvalue weighted by Crippen LogP contribution is 2.31. The lowest BCUT2D eigenvalue weighted by molar-refractivity contribution is -0.210. The summed E-state index contributed by atoms with van der Waals surface area (Å²) in [6.07, 6.45) is -7.68. The van der Waals surface area contributed by atoms with E-state index >= 15 is 0 Å². The highest BCUT2D eigenvalue weighted by Gasteiger charge is 2.43. The predicted molar refractivity (Wildman–Crippen MR) is 60.3 cm³/mol. The van der Waals surface area contributed by atoms with E-state index in [1.165, 1.54) is 12.1 Å². The molecule has 0 aliphatic carbocycles. The minimum absolute atomic E-state index is 0. The summed E-state index contributed by atoms with van der Waals surface area (Å²) in [5, 5.41) is 8.89. The Balaban J connectivity index is 0.00000256. The van der Waals surface area contributed by atoms with Crippen LogP contribution in [0.15, 0.2) is 22.7 Å². The third-order valence-corrected chi connectivity index (χ3v) is 2.63. The van der Waals surface area contributed by atoms with Gasteiger partial charge < -0.3 is 10.8 Å². The van der Waals surface area contributed by atoms with Gasteiger partial charge in [-0.05, 0) is 22.0 Å². The van der Waals surface area contributed by atoms with Crippen LogP contribution in [0, 0.1) is 5.82 Å². The van der Waals surface area contributed by atoms with Gasteiger partial charge in [-0.25, -0.2) is 4.39 Å². The van der Waals surface area contributed by atoms with Crippen molar-refractivity contribution < 1.29 is 22.7 Å². The fraction of sp³-hybridized carbons (Fsp3) is 0.333. The number of hydrogen-bond donors (Lipinski definition) is 2. The number of aliphatic hydroxyl groups excluding tert-OH is 1. The molecule has 0 bridgehead atoms. The summed E-state index contributed by atoms with van der Waals surface area (Å²) in [6, 6.07) is 1.91. The Hall–Kier alpha value is -0.370. The van der Waals surface area contributed by atoms with E-state index in [0.717, 1.165) is 6.07 Å². The lowest BCUT2D eigenvalue weighted by Crippen LogP contribution is -2.39. The van der Waals surface area contributed by atoms with Gasteiger partial charge in [0.25, 0.3) is 0 Å². The van der Waals surface area contributed by atoms with Gasteiger partial charge in [0, 0.05) is 5.56 Å². The first-order valence-corrected chi connectivity index (χ1v) is 4.98. The number of hydrogen-bond acceptors (Lipinski definition) is 2. The van der Waals surface area contributed by atoms with Crippen molar-refractivity contribution in [3.05, 3.63) is 34.1 Å². The van der Waals surface area contributed by atoms with Crippen LogP contribution in [0.4, 0.5) is 17.6 Å². The van der Waals surface area contributed by atoms with Crippen LogP contribution < -0.4 is 5.73 Å². The Morgan fingerprint density at radius 1 is 1.29 bits per heavy atom. The van der Waals surface area contributed by atoms with Gasteiger partial charge in [0.1, 0.15) is 5.82 Å². The van der Waals surface area contributed by atoms with E-state index in [0.29, 0.717) is 0 Å². The van der Waals surface area contributed by atoms with Crippen molar-refractivity contribution in [3.63, 3.8) is 0 Å². The Morgan fingerprint density at radius 2 is 1.82 bits per heavy atom. The number of aliphatic hydroxyl groups is 1. The van der Waals surface area contributed by atoms with E-state index in [1.54, 1.807) is 0 Å². The zero-order chi connectivity index (χ0) is 12.5. The molecule has 3 N–H and O–H groups in total. The molecule has 0 unspecified atom stereocenters. The Kier molecular flexibility index (Phi) is 5.86. The van der Waals surface area contributed by atoms with Crippen LogP contribution in [0.25, 0.3) is 0 Å². The molecule has 1 aromatic carbocycles. The minimum Gasteiger partial charge on any atom is -0.382 e. The van der Waals surface area contributed by atoms with E-state index < -0.39 is 24.1 Å². The summed E-state index contributed by atoms with van der Waals surface area (Å²) in [7, 11) is 0. The summed E-state index contributed by atoms with van der Waals surface area (Å²) in [4.78, 5) is 0. The maximum Gasteiger partial charge on any atom is 0.416 e. The molecule has 0 fully saturated rings. The second-order valence-corrected chi connectivity index (χ2v) is 4.01. The molecule has 0 aliphatic heterocycles. The number of alkyl halides is 3. The minimum atomic E-state index is -4.88. The average Bonchev–Trinajstić information content (AvgIpc) is 2.18. The van der Waals surface area contributed by atoms with Crippen molar-refractivity contribution in [1.29, 1.82) is 0 Å². The number of rotatable bonds is 2. The first-order chi connectivity index (χ1) is 7.25. The lowest BCUT2D eigenvalue weighted by atomic mass is 10.0. The average molecular weight is 339 g/mol. The van der Waals surface area contributed by atoms with Crippen LogP contribution >= 0.6 is 28.3 Å². The molecular formula is C9H9BrClF4NO. The SMILES string of the molecule is Cl.N[C@H](c1cccc(Br)c1F)[C@@H](O)C(F)(F)F. The molecule has 98 valence electrons. The maximum atomic E-state index is 13.4. The zero-order valence-corrected chi connectivity index (χ0v) is 10.6. The third-order valence-electron chi connectivity index (χ3n) is 2.02. The normalized spacial score (nSPS) is 15.0. The molecule has 0 saturated heterocycles. The molecule has 0 saturated carbocycles. The summed E-state index contributed by atoms with van der Waals surface area (Å²) in [5.41, 5.74) is 4.77. The monoisotopic (exact) mass is 337 g/mol. The quantitative estimate of drug-likeness (QED) is 0.815. The lowest BCUT2D eigenvalue weighted by Gasteiger charge is -2.22. The standard InChI is InChI=1S/C9H8BrF4NO.ClH/c10-5-3-1-2-4(6(5)11)7(15)8(16)9(12,13)14;/h1-3,7-8,16H,15H2;1H/t7-,8-;/m1./s1. The van der Waals surface area contributed by atoms with Crippen LogP contribution in [-0.2, 0) is 0 Å². The van der Waals surface area contributed by atoms with Crippen LogP contribution in [0.2, 0.25) is 0 Å². The molecule has 1 rings (SSSR count). The molecule has 0 heterocycles. The first-order valence-electron chi connectivity index (χ1n) is 4.19. The second-order valence-electron chi connectivity index (χ2n) is 3.16. The van der Waals surface area contributed by atoms with Gasteiger partial charge in [-0.2, -0.15) is 13.2 Å². The van der Waals surface area contributed by atoms with Crippen molar-refractivity contribution in [2.75, 3.05) is 0 Å². The van der Waals surface area contributed by atoms with Crippen molar-refractivity contribution in [3.8, 4) is 0 Å². The maximum absolute atomic E-state index is 13.4. The molecule has 2 atom stereocenters. The Bertz CT molecular complexity index is 388. The summed E-state index contributed by atoms with van der Waals surface area (Å²) in [5.74, 6) is -0.904. The molecule has 1 aromatic rings. The van der Waals surface area contributed by atoms with E-state index in [4.69, 9.17) is 10.8 Å². The van der Waals surface area contributed by atoms with Crippen molar-refractivity contribution in [2.45, 2.75) is 18.3 Å². The van der Waals surface area contributed by atoms with Gasteiger partial charge in [0.2, 0.25) is 0 Å². The fourth-order valence-electron chi connectivity index (χ4n) is 1.15. The van der Waals surface area contributed by atoms with Crippen LogP contribution in [0.3, 0.4) is 0 Å². The largest absolute Gasteiger partial charge is 0.416 e. The summed E-state index contributed by atoms with van der Waals surface area (Å²) in [6.45, 7) is 0. The molecule has 17 heavy (non-hydrogen) atoms. The van der Waals surface area contributed by atoms with Crippen LogP contribution in [-0.4, -0.2) is 17.4 Å². The zero-order valence-electron chi connectivity index (χ0n) is 8.21. The molecule has 0 radical (unpaired) electrons. The molecule has 2 nitrogen and oxygen atoms in total. The van der Waals surface area contributed by atoms with Crippen molar-refractivity contribution in [1.82, 2.24) is 0 Å². The van der Waals surface area contributed by atoms with Gasteiger partial charge in [0.15, 0.2) is 6.10 Å². The van der Waals surface area contributed by atoms with E-state index in [2.05, 4.69) is 15.9 Å². The number of halogens is 6. The van der Waals surface area contributed by atoms with E-state index in [9.17, 15) is 17.6 Å². The topological polar surface area (TPSA) is 46.2 Å². The van der Waals surface area contributed by atoms with Crippen molar-refractivity contribution in [2.24, 2.45) is 5.73 Å². The van der Waals surface area contributed by atoms with Gasteiger partial charge in [-0.15, -0.1) is 12.4 Å². The third kappa shape index (κ3) is 3.80. The van der Waals surface area contributed by atoms with Gasteiger partial charge in [-0.3, -0.25) is 0 Å². The highest BCUT2D eigenvalue weighted by molar-refractivity contribution is 9.10. The Labute approximate surface area is 109 Å². The summed E-state index contributed by atoms with van der Waals surface area (Å²) >= 11 is 2.82. The second kappa shape index (κ2) is 5.99. The fourth-order valence-corrected chi connectivity index (χ4v) is 1.53. The molecule has 0 aliphatic rings. The van der Waals surface area contributed by atoms with Crippen molar-refractivity contribution >= 4 is 28.3 Å². The molecule has 8 heteroatoms. The molecule has 0 amide bonds. The van der Waals surface area contributed by atoms with Gasteiger partial charge in [-0.1, -0.05) is 12.1 Å². The van der Waals surface area contributed by atoms with Gasteiger partial charge >= 0.3 is 6.18 Å². The Morgan fingerprint density at radius 3 is 2.29 bits per heavy atom. The molecular weight excluding hydrogens is 329 g/mol. The van der Waals surface area contributed by atoms with E-state index in [-0.39, 0.29) is 22.4 Å². The smallest absolute Gasteiger partial charge is 0.382 e. The predicted octanol–water partition coefficient (Wildman–Crippen LogP) is 2.93.